The number of carbonyl (C=O) groups excluding carboxylic acids is 2. The van der Waals surface area contributed by atoms with E-state index in [1.54, 1.807) is 49.4 Å². The molecule has 0 aliphatic heterocycles. The molecule has 0 saturated carbocycles. The Morgan fingerprint density at radius 3 is 2.36 bits per heavy atom. The van der Waals surface area contributed by atoms with Gasteiger partial charge in [0.1, 0.15) is 24.1 Å². The number of amides is 2. The van der Waals surface area contributed by atoms with Gasteiger partial charge in [0, 0.05) is 13.6 Å². The van der Waals surface area contributed by atoms with Crippen molar-refractivity contribution in [1.82, 2.24) is 10.2 Å². The number of methoxy groups -OCH3 is 2. The first kappa shape index (κ1) is 26.0. The van der Waals surface area contributed by atoms with E-state index < -0.39 is 28.5 Å². The van der Waals surface area contributed by atoms with Crippen LogP contribution in [0.25, 0.3) is 0 Å². The zero-order chi connectivity index (χ0) is 24.8. The molecule has 1 atom stereocenters. The lowest BCUT2D eigenvalue weighted by Gasteiger charge is -2.31. The molecule has 10 heteroatoms. The number of anilines is 1. The van der Waals surface area contributed by atoms with Gasteiger partial charge in [0.05, 0.1) is 26.2 Å². The lowest BCUT2D eigenvalue weighted by molar-refractivity contribution is -0.139. The highest BCUT2D eigenvalue weighted by molar-refractivity contribution is 7.92. The maximum Gasteiger partial charge on any atom is 0.244 e. The molecule has 33 heavy (non-hydrogen) atoms. The summed E-state index contributed by atoms with van der Waals surface area (Å²) in [6, 6.07) is 11.3. The molecule has 0 aliphatic rings. The van der Waals surface area contributed by atoms with Crippen molar-refractivity contribution < 1.29 is 27.5 Å². The molecule has 0 bridgehead atoms. The van der Waals surface area contributed by atoms with E-state index in [-0.39, 0.29) is 18.1 Å². The van der Waals surface area contributed by atoms with E-state index in [4.69, 9.17) is 9.47 Å². The molecule has 0 aliphatic carbocycles. The molecule has 1 N–H and O–H groups in total. The monoisotopic (exact) mass is 477 g/mol. The number of likely N-dealkylation sites (N-methyl/N-ethyl adjacent to an activating group) is 1. The Labute approximate surface area is 195 Å². The standard InChI is InChI=1S/C23H31N3O6S/c1-16-10-11-21(32-5)20(12-16)26(33(6,29)30)15-22(27)25(17(2)23(28)24-3)14-18-8-7-9-19(13-18)31-4/h7-13,17H,14-15H2,1-6H3,(H,24,28). The number of hydrogen-bond acceptors (Lipinski definition) is 6. The van der Waals surface area contributed by atoms with E-state index in [1.165, 1.54) is 26.2 Å². The van der Waals surface area contributed by atoms with Crippen LogP contribution >= 0.6 is 0 Å². The second-order valence-electron chi connectivity index (χ2n) is 7.61. The molecule has 2 aromatic rings. The summed E-state index contributed by atoms with van der Waals surface area (Å²) < 4.78 is 36.9. The number of benzene rings is 2. The third-order valence-electron chi connectivity index (χ3n) is 5.18. The largest absolute Gasteiger partial charge is 0.497 e. The maximum atomic E-state index is 13.4. The molecule has 0 spiro atoms. The van der Waals surface area contributed by atoms with Gasteiger partial charge < -0.3 is 19.7 Å². The highest BCUT2D eigenvalue weighted by atomic mass is 32.2. The van der Waals surface area contributed by atoms with Crippen molar-refractivity contribution in [3.8, 4) is 11.5 Å². The highest BCUT2D eigenvalue weighted by Gasteiger charge is 2.31. The molecule has 0 saturated heterocycles. The summed E-state index contributed by atoms with van der Waals surface area (Å²) in [4.78, 5) is 27.2. The van der Waals surface area contributed by atoms with Crippen molar-refractivity contribution in [2.75, 3.05) is 38.4 Å². The van der Waals surface area contributed by atoms with Crippen LogP contribution in [0.2, 0.25) is 0 Å². The maximum absolute atomic E-state index is 13.4. The first-order valence-corrected chi connectivity index (χ1v) is 12.1. The van der Waals surface area contributed by atoms with Crippen molar-refractivity contribution >= 4 is 27.5 Å². The predicted molar refractivity (Wildman–Crippen MR) is 127 cm³/mol. The SMILES string of the molecule is CNC(=O)C(C)N(Cc1cccc(OC)c1)C(=O)CN(c1cc(C)ccc1OC)S(C)(=O)=O. The molecule has 0 radical (unpaired) electrons. The Balaban J connectivity index is 2.46. The van der Waals surface area contributed by atoms with Gasteiger partial charge >= 0.3 is 0 Å². The molecule has 0 fully saturated rings. The molecule has 2 rings (SSSR count). The number of carbonyl (C=O) groups is 2. The van der Waals surface area contributed by atoms with Gasteiger partial charge in [-0.25, -0.2) is 8.42 Å². The summed E-state index contributed by atoms with van der Waals surface area (Å²) in [6.07, 6.45) is 1.02. The number of nitrogens with one attached hydrogen (secondary N) is 1. The summed E-state index contributed by atoms with van der Waals surface area (Å²) in [5.74, 6) is 0.0143. The molecule has 2 amide bonds. The van der Waals surface area contributed by atoms with E-state index in [0.29, 0.717) is 11.5 Å². The van der Waals surface area contributed by atoms with Crippen molar-refractivity contribution in [2.24, 2.45) is 0 Å². The lowest BCUT2D eigenvalue weighted by atomic mass is 10.1. The quantitative estimate of drug-likeness (QED) is 0.561. The number of nitrogens with zero attached hydrogens (tertiary/aromatic N) is 2. The number of sulfonamides is 1. The summed E-state index contributed by atoms with van der Waals surface area (Å²) in [6.45, 7) is 3.00. The number of rotatable bonds is 10. The van der Waals surface area contributed by atoms with Crippen molar-refractivity contribution in [3.63, 3.8) is 0 Å². The van der Waals surface area contributed by atoms with E-state index in [0.717, 1.165) is 21.7 Å². The van der Waals surface area contributed by atoms with E-state index in [1.807, 2.05) is 6.92 Å². The van der Waals surface area contributed by atoms with Gasteiger partial charge in [-0.15, -0.1) is 0 Å². The van der Waals surface area contributed by atoms with Crippen molar-refractivity contribution in [2.45, 2.75) is 26.4 Å². The van der Waals surface area contributed by atoms with Crippen LogP contribution in [0.15, 0.2) is 42.5 Å². The van der Waals surface area contributed by atoms with Gasteiger partial charge in [-0.05, 0) is 49.2 Å². The van der Waals surface area contributed by atoms with Crippen molar-refractivity contribution in [1.29, 1.82) is 0 Å². The first-order valence-electron chi connectivity index (χ1n) is 10.3. The van der Waals surface area contributed by atoms with Crippen LogP contribution in [-0.4, -0.2) is 65.2 Å². The smallest absolute Gasteiger partial charge is 0.244 e. The Hall–Kier alpha value is -3.27. The fourth-order valence-electron chi connectivity index (χ4n) is 3.35. The van der Waals surface area contributed by atoms with E-state index in [2.05, 4.69) is 5.32 Å². The molecule has 1 unspecified atom stereocenters. The minimum absolute atomic E-state index is 0.0905. The second-order valence-corrected chi connectivity index (χ2v) is 9.52. The van der Waals surface area contributed by atoms with Gasteiger partial charge in [-0.1, -0.05) is 18.2 Å². The third kappa shape index (κ3) is 6.61. The summed E-state index contributed by atoms with van der Waals surface area (Å²) in [5, 5.41) is 2.54. The highest BCUT2D eigenvalue weighted by Crippen LogP contribution is 2.31. The average Bonchev–Trinajstić information content (AvgIpc) is 2.79. The molecular weight excluding hydrogens is 446 g/mol. The van der Waals surface area contributed by atoms with Gasteiger partial charge in [0.15, 0.2) is 0 Å². The van der Waals surface area contributed by atoms with Crippen LogP contribution in [0, 0.1) is 6.92 Å². The number of ether oxygens (including phenoxy) is 2. The molecular formula is C23H31N3O6S. The Morgan fingerprint density at radius 1 is 1.09 bits per heavy atom. The topological polar surface area (TPSA) is 105 Å². The number of hydrogen-bond donors (Lipinski definition) is 1. The summed E-state index contributed by atoms with van der Waals surface area (Å²) in [5.41, 5.74) is 1.79. The lowest BCUT2D eigenvalue weighted by Crippen LogP contribution is -2.50. The minimum Gasteiger partial charge on any atom is -0.497 e. The first-order chi connectivity index (χ1) is 15.5. The zero-order valence-corrected chi connectivity index (χ0v) is 20.6. The minimum atomic E-state index is -3.85. The van der Waals surface area contributed by atoms with Crippen LogP contribution < -0.4 is 19.1 Å². The van der Waals surface area contributed by atoms with Crippen LogP contribution in [0.3, 0.4) is 0 Å². The Morgan fingerprint density at radius 2 is 1.79 bits per heavy atom. The predicted octanol–water partition coefficient (Wildman–Crippen LogP) is 1.94. The fraction of sp³-hybridized carbons (Fsp3) is 0.391. The van der Waals surface area contributed by atoms with Gasteiger partial charge in [0.25, 0.3) is 0 Å². The van der Waals surface area contributed by atoms with Gasteiger partial charge in [-0.3, -0.25) is 13.9 Å². The van der Waals surface area contributed by atoms with E-state index >= 15 is 0 Å². The third-order valence-corrected chi connectivity index (χ3v) is 6.31. The van der Waals surface area contributed by atoms with Crippen LogP contribution in [0.1, 0.15) is 18.1 Å². The van der Waals surface area contributed by atoms with Gasteiger partial charge in [-0.2, -0.15) is 0 Å². The Kier molecular flexibility index (Phi) is 8.69. The van der Waals surface area contributed by atoms with Crippen molar-refractivity contribution in [3.05, 3.63) is 53.6 Å². The number of aryl methyl sites for hydroxylation is 1. The van der Waals surface area contributed by atoms with E-state index in [9.17, 15) is 18.0 Å². The molecule has 2 aromatic carbocycles. The molecule has 180 valence electrons. The molecule has 0 aromatic heterocycles. The zero-order valence-electron chi connectivity index (χ0n) is 19.8. The normalized spacial score (nSPS) is 11.9. The van der Waals surface area contributed by atoms with Gasteiger partial charge in [0.2, 0.25) is 21.8 Å². The molecule has 9 nitrogen and oxygen atoms in total. The fourth-order valence-corrected chi connectivity index (χ4v) is 4.19. The van der Waals surface area contributed by atoms with Crippen LogP contribution in [0.4, 0.5) is 5.69 Å². The Bertz CT molecular complexity index is 1100. The second kappa shape index (κ2) is 11.0. The van der Waals surface area contributed by atoms with Crippen LogP contribution in [-0.2, 0) is 26.2 Å². The summed E-state index contributed by atoms with van der Waals surface area (Å²) >= 11 is 0. The summed E-state index contributed by atoms with van der Waals surface area (Å²) in [7, 11) is 0.600. The average molecular weight is 478 g/mol. The molecule has 0 heterocycles. The van der Waals surface area contributed by atoms with Crippen LogP contribution in [0.5, 0.6) is 11.5 Å².